The molecule has 140 valence electrons. The summed E-state index contributed by atoms with van der Waals surface area (Å²) in [6.45, 7) is 2.78. The minimum atomic E-state index is 0.215. The molecule has 27 heavy (non-hydrogen) atoms. The van der Waals surface area contributed by atoms with E-state index >= 15 is 0 Å². The zero-order valence-electron chi connectivity index (χ0n) is 15.1. The Morgan fingerprint density at radius 3 is 2.81 bits per heavy atom. The molecule has 0 radical (unpaired) electrons. The van der Waals surface area contributed by atoms with Gasteiger partial charge in [0, 0.05) is 43.4 Å². The van der Waals surface area contributed by atoms with Crippen LogP contribution >= 0.6 is 0 Å². The molecule has 1 atom stereocenters. The molecule has 2 fully saturated rings. The molecule has 2 aliphatic rings. The van der Waals surface area contributed by atoms with Crippen molar-refractivity contribution in [2.45, 2.75) is 37.8 Å². The molecular formula is C19H22N6O2. The molecule has 0 aromatic carbocycles. The Bertz CT molecular complexity index is 870. The molecule has 8 nitrogen and oxygen atoms in total. The van der Waals surface area contributed by atoms with Crippen molar-refractivity contribution >= 4 is 0 Å². The molecule has 0 aliphatic carbocycles. The molecular weight excluding hydrogens is 344 g/mol. The van der Waals surface area contributed by atoms with Crippen molar-refractivity contribution in [3.05, 3.63) is 42.9 Å². The molecule has 3 aromatic heterocycles. The van der Waals surface area contributed by atoms with Crippen LogP contribution in [-0.2, 0) is 4.74 Å². The van der Waals surface area contributed by atoms with Gasteiger partial charge in [-0.1, -0.05) is 5.16 Å². The minimum absolute atomic E-state index is 0.215. The van der Waals surface area contributed by atoms with Crippen LogP contribution in [-0.4, -0.2) is 55.4 Å². The lowest BCUT2D eigenvalue weighted by atomic mass is 10.1. The number of rotatable bonds is 4. The fraction of sp³-hybridized carbons (Fsp3) is 0.474. The first-order valence-electron chi connectivity index (χ1n) is 9.50. The molecule has 0 unspecified atom stereocenters. The van der Waals surface area contributed by atoms with Crippen molar-refractivity contribution in [1.29, 1.82) is 0 Å². The van der Waals surface area contributed by atoms with E-state index in [0.717, 1.165) is 50.4 Å². The summed E-state index contributed by atoms with van der Waals surface area (Å²) in [5, 5.41) is 4.21. The number of aromatic nitrogens is 5. The molecule has 8 heteroatoms. The zero-order valence-corrected chi connectivity index (χ0v) is 15.1. The lowest BCUT2D eigenvalue weighted by Gasteiger charge is -2.33. The van der Waals surface area contributed by atoms with E-state index in [1.807, 2.05) is 22.9 Å². The summed E-state index contributed by atoms with van der Waals surface area (Å²) in [5.74, 6) is 2.11. The number of likely N-dealkylation sites (tertiary alicyclic amines) is 1. The molecule has 0 amide bonds. The number of pyridine rings is 1. The molecule has 0 saturated carbocycles. The molecule has 2 aliphatic heterocycles. The Kier molecular flexibility index (Phi) is 4.43. The fourth-order valence-corrected chi connectivity index (χ4v) is 4.06. The number of ether oxygens (including phenoxy) is 1. The second-order valence-corrected chi connectivity index (χ2v) is 7.07. The normalized spacial score (nSPS) is 21.7. The largest absolute Gasteiger partial charge is 0.381 e. The first kappa shape index (κ1) is 16.6. The Morgan fingerprint density at radius 2 is 2.04 bits per heavy atom. The number of hydrogen-bond acceptors (Lipinski definition) is 7. The Balaban J connectivity index is 1.34. The lowest BCUT2D eigenvalue weighted by molar-refractivity contribution is 0.0243. The number of hydrogen-bond donors (Lipinski definition) is 0. The van der Waals surface area contributed by atoms with E-state index in [1.165, 1.54) is 6.42 Å². The highest BCUT2D eigenvalue weighted by atomic mass is 16.5. The third-order valence-electron chi connectivity index (χ3n) is 5.46. The van der Waals surface area contributed by atoms with Crippen molar-refractivity contribution in [3.63, 3.8) is 0 Å². The fourth-order valence-electron chi connectivity index (χ4n) is 4.06. The van der Waals surface area contributed by atoms with Gasteiger partial charge >= 0.3 is 0 Å². The minimum Gasteiger partial charge on any atom is -0.381 e. The summed E-state index contributed by atoms with van der Waals surface area (Å²) in [7, 11) is 0. The summed E-state index contributed by atoms with van der Waals surface area (Å²) in [5.41, 5.74) is 0.851. The van der Waals surface area contributed by atoms with Crippen LogP contribution in [0.25, 0.3) is 17.2 Å². The van der Waals surface area contributed by atoms with E-state index in [9.17, 15) is 0 Å². The molecule has 5 rings (SSSR count). The van der Waals surface area contributed by atoms with Crippen LogP contribution in [0.4, 0.5) is 0 Å². The first-order valence-corrected chi connectivity index (χ1v) is 9.50. The van der Waals surface area contributed by atoms with Crippen molar-refractivity contribution in [1.82, 2.24) is 29.6 Å². The summed E-state index contributed by atoms with van der Waals surface area (Å²) < 4.78 is 13.0. The lowest BCUT2D eigenvalue weighted by Crippen LogP contribution is -2.39. The van der Waals surface area contributed by atoms with Gasteiger partial charge in [-0.3, -0.25) is 9.47 Å². The van der Waals surface area contributed by atoms with Gasteiger partial charge in [-0.25, -0.2) is 9.97 Å². The molecule has 0 N–H and O–H groups in total. The van der Waals surface area contributed by atoms with E-state index in [4.69, 9.17) is 14.2 Å². The van der Waals surface area contributed by atoms with Gasteiger partial charge in [-0.2, -0.15) is 4.98 Å². The van der Waals surface area contributed by atoms with E-state index in [1.54, 1.807) is 18.7 Å². The van der Waals surface area contributed by atoms with Gasteiger partial charge in [0.15, 0.2) is 0 Å². The molecule has 5 heterocycles. The van der Waals surface area contributed by atoms with Crippen LogP contribution in [0, 0.1) is 0 Å². The smallest absolute Gasteiger partial charge is 0.244 e. The number of imidazole rings is 1. The second kappa shape index (κ2) is 7.21. The quantitative estimate of drug-likeness (QED) is 0.702. The molecule has 0 bridgehead atoms. The average molecular weight is 366 g/mol. The third-order valence-corrected chi connectivity index (χ3v) is 5.46. The second-order valence-electron chi connectivity index (χ2n) is 7.07. The average Bonchev–Trinajstić information content (AvgIpc) is 3.50. The van der Waals surface area contributed by atoms with Gasteiger partial charge in [-0.05, 0) is 44.4 Å². The van der Waals surface area contributed by atoms with Crippen molar-refractivity contribution in [2.24, 2.45) is 0 Å². The third kappa shape index (κ3) is 3.26. The summed E-state index contributed by atoms with van der Waals surface area (Å²) in [6.07, 6.45) is 11.5. The van der Waals surface area contributed by atoms with Crippen molar-refractivity contribution in [3.8, 4) is 17.2 Å². The van der Waals surface area contributed by atoms with Gasteiger partial charge in [0.25, 0.3) is 0 Å². The van der Waals surface area contributed by atoms with Crippen LogP contribution in [0.1, 0.15) is 37.6 Å². The van der Waals surface area contributed by atoms with E-state index < -0.39 is 0 Å². The Morgan fingerprint density at radius 1 is 1.11 bits per heavy atom. The highest BCUT2D eigenvalue weighted by molar-refractivity contribution is 5.53. The van der Waals surface area contributed by atoms with E-state index in [-0.39, 0.29) is 6.04 Å². The standard InChI is InChI=1S/C19H22N6O2/c1-2-16(25(8-1)15-5-10-26-11-6-15)19-22-18(23-27-19)14-3-4-17(21-12-14)24-9-7-20-13-24/h3-4,7,9,12-13,15-16H,1-2,5-6,8,10-11H2/t16-/m1/s1. The van der Waals surface area contributed by atoms with Crippen molar-refractivity contribution < 1.29 is 9.26 Å². The van der Waals surface area contributed by atoms with Crippen LogP contribution in [0.15, 0.2) is 41.6 Å². The van der Waals surface area contributed by atoms with Gasteiger partial charge in [0.2, 0.25) is 11.7 Å². The summed E-state index contributed by atoms with van der Waals surface area (Å²) >= 11 is 0. The van der Waals surface area contributed by atoms with Crippen LogP contribution in [0.5, 0.6) is 0 Å². The van der Waals surface area contributed by atoms with Gasteiger partial charge in [0.1, 0.15) is 12.1 Å². The molecule has 0 spiro atoms. The highest BCUT2D eigenvalue weighted by Gasteiger charge is 2.36. The Labute approximate surface area is 157 Å². The van der Waals surface area contributed by atoms with Crippen LogP contribution in [0.2, 0.25) is 0 Å². The highest BCUT2D eigenvalue weighted by Crippen LogP contribution is 2.35. The summed E-state index contributed by atoms with van der Waals surface area (Å²) in [4.78, 5) is 15.7. The van der Waals surface area contributed by atoms with Gasteiger partial charge < -0.3 is 9.26 Å². The van der Waals surface area contributed by atoms with Crippen LogP contribution < -0.4 is 0 Å². The van der Waals surface area contributed by atoms with Crippen molar-refractivity contribution in [2.75, 3.05) is 19.8 Å². The Hall–Kier alpha value is -2.58. The van der Waals surface area contributed by atoms with Gasteiger partial charge in [-0.15, -0.1) is 0 Å². The molecule has 3 aromatic rings. The first-order chi connectivity index (χ1) is 13.4. The topological polar surface area (TPSA) is 82.1 Å². The van der Waals surface area contributed by atoms with Crippen LogP contribution in [0.3, 0.4) is 0 Å². The maximum absolute atomic E-state index is 5.65. The maximum Gasteiger partial charge on any atom is 0.244 e. The molecule has 2 saturated heterocycles. The monoisotopic (exact) mass is 366 g/mol. The maximum atomic E-state index is 5.65. The van der Waals surface area contributed by atoms with E-state index in [0.29, 0.717) is 17.8 Å². The van der Waals surface area contributed by atoms with E-state index in [2.05, 4.69) is 20.0 Å². The summed E-state index contributed by atoms with van der Waals surface area (Å²) in [6, 6.07) is 4.66. The zero-order chi connectivity index (χ0) is 18.1. The SMILES string of the molecule is c1cn(-c2ccc(-c3noc([C@H]4CCCN4C4CCOCC4)n3)cn2)cn1. The predicted molar refractivity (Wildman–Crippen MR) is 97.2 cm³/mol. The van der Waals surface area contributed by atoms with Gasteiger partial charge in [0.05, 0.1) is 6.04 Å². The number of nitrogens with zero attached hydrogens (tertiary/aromatic N) is 6. The predicted octanol–water partition coefficient (Wildman–Crippen LogP) is 2.63.